The van der Waals surface area contributed by atoms with Gasteiger partial charge in [0, 0.05) is 26.3 Å². The highest BCUT2D eigenvalue weighted by Gasteiger charge is 2.14. The van der Waals surface area contributed by atoms with Gasteiger partial charge in [-0.05, 0) is 18.2 Å². The average Bonchev–Trinajstić information content (AvgIpc) is 2.76. The van der Waals surface area contributed by atoms with Gasteiger partial charge in [0.15, 0.2) is 0 Å². The van der Waals surface area contributed by atoms with E-state index in [0.29, 0.717) is 29.7 Å². The van der Waals surface area contributed by atoms with Gasteiger partial charge < -0.3 is 9.47 Å². The van der Waals surface area contributed by atoms with Gasteiger partial charge in [0.2, 0.25) is 0 Å². The number of esters is 1. The topological polar surface area (TPSA) is 53.3 Å². The minimum Gasteiger partial charge on any atom is -0.465 e. The van der Waals surface area contributed by atoms with Crippen molar-refractivity contribution in [1.29, 1.82) is 0 Å². The fourth-order valence-electron chi connectivity index (χ4n) is 2.00. The van der Waals surface area contributed by atoms with Gasteiger partial charge in [-0.15, -0.1) is 0 Å². The lowest BCUT2D eigenvalue weighted by molar-refractivity contribution is 0.0600. The van der Waals surface area contributed by atoms with Crippen LogP contribution in [0.4, 0.5) is 0 Å². The molecule has 0 unspecified atom stereocenters. The number of hydrogen-bond donors (Lipinski definition) is 0. The summed E-state index contributed by atoms with van der Waals surface area (Å²) in [6.07, 6.45) is 1.49. The highest BCUT2D eigenvalue weighted by molar-refractivity contribution is 6.76. The second kappa shape index (κ2) is 6.81. The van der Waals surface area contributed by atoms with E-state index in [0.717, 1.165) is 11.4 Å². The molecule has 0 N–H and O–H groups in total. The third-order valence-corrected chi connectivity index (χ3v) is 5.34. The second-order valence-electron chi connectivity index (χ2n) is 6.37. The zero-order valence-electron chi connectivity index (χ0n) is 13.4. The molecule has 0 amide bonds. The average molecular weight is 341 g/mol. The number of carbonyl (C=O) groups is 1. The van der Waals surface area contributed by atoms with E-state index in [1.165, 1.54) is 13.3 Å². The first-order chi connectivity index (χ1) is 10.3. The van der Waals surface area contributed by atoms with Crippen LogP contribution in [0.1, 0.15) is 10.4 Å². The van der Waals surface area contributed by atoms with Crippen molar-refractivity contribution in [3.8, 4) is 0 Å². The third-order valence-electron chi connectivity index (χ3n) is 3.32. The molecule has 120 valence electrons. The largest absolute Gasteiger partial charge is 0.465 e. The Kier molecular flexibility index (Phi) is 5.26. The number of pyridine rings is 1. The van der Waals surface area contributed by atoms with E-state index in [2.05, 4.69) is 24.6 Å². The summed E-state index contributed by atoms with van der Waals surface area (Å²) in [5.41, 5.74) is 1.11. The Labute approximate surface area is 136 Å². The first-order valence-electron chi connectivity index (χ1n) is 7.13. The van der Waals surface area contributed by atoms with Crippen molar-refractivity contribution in [2.75, 3.05) is 13.7 Å². The van der Waals surface area contributed by atoms with Crippen molar-refractivity contribution < 1.29 is 14.3 Å². The Bertz CT molecular complexity index is 679. The van der Waals surface area contributed by atoms with Crippen LogP contribution in [0.2, 0.25) is 30.8 Å². The molecule has 0 saturated carbocycles. The number of fused-ring (bicyclic) bond motifs is 1. The number of ether oxygens (including phenoxy) is 2. The fraction of sp³-hybridized carbons (Fsp3) is 0.467. The molecule has 2 heterocycles. The van der Waals surface area contributed by atoms with Crippen LogP contribution >= 0.6 is 11.6 Å². The summed E-state index contributed by atoms with van der Waals surface area (Å²) >= 11 is 6.24. The quantitative estimate of drug-likeness (QED) is 0.456. The molecular weight excluding hydrogens is 320 g/mol. The predicted octanol–water partition coefficient (Wildman–Crippen LogP) is 3.79. The number of methoxy groups -OCH3 is 1. The van der Waals surface area contributed by atoms with Gasteiger partial charge in [0.25, 0.3) is 0 Å². The van der Waals surface area contributed by atoms with Crippen LogP contribution in [-0.4, -0.2) is 37.3 Å². The normalized spacial score (nSPS) is 11.9. The van der Waals surface area contributed by atoms with E-state index < -0.39 is 14.0 Å². The Morgan fingerprint density at radius 3 is 2.73 bits per heavy atom. The molecular formula is C15H21ClN2O3Si. The SMILES string of the molecule is COC(=O)c1cnc2c(c1)cc(Cl)n2COCC[Si](C)(C)C. The third kappa shape index (κ3) is 4.09. The molecule has 0 radical (unpaired) electrons. The zero-order chi connectivity index (χ0) is 16.3. The number of rotatable bonds is 6. The molecule has 0 bridgehead atoms. The highest BCUT2D eigenvalue weighted by Crippen LogP contribution is 2.23. The van der Waals surface area contributed by atoms with Crippen molar-refractivity contribution in [3.05, 3.63) is 29.0 Å². The minimum atomic E-state index is -1.11. The minimum absolute atomic E-state index is 0.359. The van der Waals surface area contributed by atoms with Crippen LogP contribution in [0.3, 0.4) is 0 Å². The maximum atomic E-state index is 11.5. The van der Waals surface area contributed by atoms with Gasteiger partial charge in [-0.25, -0.2) is 9.78 Å². The first-order valence-corrected chi connectivity index (χ1v) is 11.2. The maximum Gasteiger partial charge on any atom is 0.339 e. The first kappa shape index (κ1) is 17.0. The Morgan fingerprint density at radius 2 is 2.09 bits per heavy atom. The molecule has 0 atom stereocenters. The van der Waals surface area contributed by atoms with Gasteiger partial charge in [-0.3, -0.25) is 4.57 Å². The van der Waals surface area contributed by atoms with Crippen LogP contribution in [0.15, 0.2) is 18.3 Å². The molecule has 2 rings (SSSR count). The van der Waals surface area contributed by atoms with Crippen LogP contribution < -0.4 is 0 Å². The lowest BCUT2D eigenvalue weighted by Gasteiger charge is -2.16. The summed E-state index contributed by atoms with van der Waals surface area (Å²) in [6.45, 7) is 8.00. The van der Waals surface area contributed by atoms with Gasteiger partial charge in [-0.1, -0.05) is 31.2 Å². The van der Waals surface area contributed by atoms with Gasteiger partial charge in [0.05, 0.1) is 12.7 Å². The molecule has 22 heavy (non-hydrogen) atoms. The monoisotopic (exact) mass is 340 g/mol. The Balaban J connectivity index is 2.13. The van der Waals surface area contributed by atoms with Crippen molar-refractivity contribution >= 4 is 36.7 Å². The molecule has 0 aliphatic rings. The van der Waals surface area contributed by atoms with Crippen molar-refractivity contribution in [2.45, 2.75) is 32.4 Å². The van der Waals surface area contributed by atoms with Crippen molar-refractivity contribution in [2.24, 2.45) is 0 Å². The predicted molar refractivity (Wildman–Crippen MR) is 90.2 cm³/mol. The molecule has 0 spiro atoms. The number of hydrogen-bond acceptors (Lipinski definition) is 4. The smallest absolute Gasteiger partial charge is 0.339 e. The number of aromatic nitrogens is 2. The molecule has 0 saturated heterocycles. The Morgan fingerprint density at radius 1 is 1.36 bits per heavy atom. The summed E-state index contributed by atoms with van der Waals surface area (Å²) < 4.78 is 12.2. The standard InChI is InChI=1S/C15H21ClN2O3Si/c1-20-15(19)12-7-11-8-13(16)18(14(11)17-9-12)10-21-5-6-22(2,3)4/h7-9H,5-6,10H2,1-4H3. The summed E-state index contributed by atoms with van der Waals surface area (Å²) in [5, 5.41) is 1.33. The molecule has 0 aromatic carbocycles. The number of nitrogens with zero attached hydrogens (tertiary/aromatic N) is 2. The van der Waals surface area contributed by atoms with E-state index in [1.807, 2.05) is 0 Å². The van der Waals surface area contributed by atoms with Crippen LogP contribution in [0.25, 0.3) is 11.0 Å². The molecule has 2 aromatic rings. The van der Waals surface area contributed by atoms with Gasteiger partial charge in [-0.2, -0.15) is 0 Å². The molecule has 0 aliphatic heterocycles. The van der Waals surface area contributed by atoms with Crippen LogP contribution in [0.5, 0.6) is 0 Å². The van der Waals surface area contributed by atoms with Crippen molar-refractivity contribution in [1.82, 2.24) is 9.55 Å². The van der Waals surface area contributed by atoms with E-state index in [-0.39, 0.29) is 0 Å². The second-order valence-corrected chi connectivity index (χ2v) is 12.4. The molecule has 7 heteroatoms. The fourth-order valence-corrected chi connectivity index (χ4v) is 3.00. The zero-order valence-corrected chi connectivity index (χ0v) is 15.1. The number of carbonyl (C=O) groups excluding carboxylic acids is 1. The summed E-state index contributed by atoms with van der Waals surface area (Å²) in [6, 6.07) is 4.60. The van der Waals surface area contributed by atoms with E-state index >= 15 is 0 Å². The lowest BCUT2D eigenvalue weighted by Crippen LogP contribution is -2.22. The van der Waals surface area contributed by atoms with E-state index in [1.54, 1.807) is 16.7 Å². The van der Waals surface area contributed by atoms with Crippen LogP contribution in [-0.2, 0) is 16.2 Å². The summed E-state index contributed by atoms with van der Waals surface area (Å²) in [5.74, 6) is -0.412. The number of halogens is 1. The molecule has 5 nitrogen and oxygen atoms in total. The van der Waals surface area contributed by atoms with Crippen LogP contribution in [0, 0.1) is 0 Å². The van der Waals surface area contributed by atoms with E-state index in [4.69, 9.17) is 21.1 Å². The van der Waals surface area contributed by atoms with Gasteiger partial charge >= 0.3 is 5.97 Å². The summed E-state index contributed by atoms with van der Waals surface area (Å²) in [4.78, 5) is 15.8. The molecule has 2 aromatic heterocycles. The van der Waals surface area contributed by atoms with Gasteiger partial charge in [0.1, 0.15) is 17.5 Å². The summed E-state index contributed by atoms with van der Waals surface area (Å²) in [7, 11) is 0.239. The van der Waals surface area contributed by atoms with Crippen molar-refractivity contribution in [3.63, 3.8) is 0 Å². The molecule has 0 aliphatic carbocycles. The van der Waals surface area contributed by atoms with E-state index in [9.17, 15) is 4.79 Å². The maximum absolute atomic E-state index is 11.5. The highest BCUT2D eigenvalue weighted by atomic mass is 35.5. The lowest BCUT2D eigenvalue weighted by atomic mass is 10.2. The Hall–Kier alpha value is -1.37. The molecule has 0 fully saturated rings.